The van der Waals surface area contributed by atoms with Crippen molar-refractivity contribution in [1.82, 2.24) is 0 Å². The molecule has 0 bridgehead atoms. The molecule has 1 unspecified atom stereocenters. The second-order valence-electron chi connectivity index (χ2n) is 3.78. The second-order valence-corrected chi connectivity index (χ2v) is 3.78. The lowest BCUT2D eigenvalue weighted by Gasteiger charge is -2.13. The number of fused-ring (bicyclic) bond motifs is 1. The zero-order chi connectivity index (χ0) is 12.4. The van der Waals surface area contributed by atoms with E-state index in [2.05, 4.69) is 11.3 Å². The van der Waals surface area contributed by atoms with Crippen molar-refractivity contribution >= 4 is 17.7 Å². The largest absolute Gasteiger partial charge is 0.452 e. The third kappa shape index (κ3) is 1.71. The van der Waals surface area contributed by atoms with Crippen molar-refractivity contribution in [2.24, 2.45) is 0 Å². The van der Waals surface area contributed by atoms with Gasteiger partial charge in [0.15, 0.2) is 0 Å². The molecule has 2 rings (SSSR count). The Labute approximate surface area is 99.5 Å². The average molecular weight is 231 g/mol. The van der Waals surface area contributed by atoms with Crippen molar-refractivity contribution in [3.8, 4) is 0 Å². The summed E-state index contributed by atoms with van der Waals surface area (Å²) in [5.41, 5.74) is 1.46. The summed E-state index contributed by atoms with van der Waals surface area (Å²) in [6, 6.07) is 7.24. The molecule has 0 N–H and O–H groups in total. The minimum Gasteiger partial charge on any atom is -0.452 e. The number of benzene rings is 1. The minimum absolute atomic E-state index is 0.252. The van der Waals surface area contributed by atoms with Gasteiger partial charge >= 0.3 is 6.09 Å². The molecule has 0 radical (unpaired) electrons. The number of hydrogen-bond acceptors (Lipinski definition) is 3. The molecule has 1 aromatic rings. The van der Waals surface area contributed by atoms with Gasteiger partial charge in [0.25, 0.3) is 0 Å². The van der Waals surface area contributed by atoms with Crippen molar-refractivity contribution in [1.29, 1.82) is 0 Å². The van der Waals surface area contributed by atoms with E-state index < -0.39 is 6.09 Å². The van der Waals surface area contributed by atoms with Gasteiger partial charge in [0.05, 0.1) is 18.7 Å². The number of carbonyl (C=O) groups excluding carboxylic acids is 2. The Hall–Kier alpha value is -2.10. The number of imide groups is 1. The van der Waals surface area contributed by atoms with Crippen LogP contribution in [-0.4, -0.2) is 19.1 Å². The van der Waals surface area contributed by atoms with Crippen molar-refractivity contribution in [3.05, 3.63) is 42.5 Å². The molecule has 0 fully saturated rings. The number of carbonyl (C=O) groups is 2. The van der Waals surface area contributed by atoms with Crippen LogP contribution in [0.2, 0.25) is 0 Å². The van der Waals surface area contributed by atoms with E-state index in [0.717, 1.165) is 10.5 Å². The van der Waals surface area contributed by atoms with E-state index >= 15 is 0 Å². The summed E-state index contributed by atoms with van der Waals surface area (Å²) >= 11 is 0. The molecule has 0 spiro atoms. The van der Waals surface area contributed by atoms with Crippen LogP contribution in [-0.2, 0) is 9.53 Å². The summed E-state index contributed by atoms with van der Waals surface area (Å²) in [6.45, 7) is 3.63. The van der Waals surface area contributed by atoms with Crippen LogP contribution >= 0.6 is 0 Å². The maximum atomic E-state index is 12.1. The first-order chi connectivity index (χ1) is 8.20. The van der Waals surface area contributed by atoms with Gasteiger partial charge in [-0.2, -0.15) is 0 Å². The fourth-order valence-electron chi connectivity index (χ4n) is 2.07. The highest BCUT2D eigenvalue weighted by Gasteiger charge is 2.40. The van der Waals surface area contributed by atoms with Crippen molar-refractivity contribution in [2.45, 2.75) is 12.3 Å². The highest BCUT2D eigenvalue weighted by molar-refractivity contribution is 6.19. The second kappa shape index (κ2) is 4.41. The van der Waals surface area contributed by atoms with E-state index in [1.807, 2.05) is 12.1 Å². The van der Waals surface area contributed by atoms with Crippen LogP contribution in [0.4, 0.5) is 10.5 Å². The number of nitrogens with zero attached hydrogens (tertiary/aromatic N) is 1. The number of para-hydroxylation sites is 1. The molecule has 17 heavy (non-hydrogen) atoms. The Morgan fingerprint density at radius 3 is 2.88 bits per heavy atom. The molecule has 88 valence electrons. The molecule has 1 heterocycles. The number of methoxy groups -OCH3 is 1. The molecule has 1 aliphatic heterocycles. The normalized spacial score (nSPS) is 17.8. The first-order valence-corrected chi connectivity index (χ1v) is 5.32. The zero-order valence-corrected chi connectivity index (χ0v) is 9.55. The van der Waals surface area contributed by atoms with Crippen molar-refractivity contribution < 1.29 is 14.3 Å². The predicted molar refractivity (Wildman–Crippen MR) is 63.9 cm³/mol. The van der Waals surface area contributed by atoms with E-state index in [4.69, 9.17) is 0 Å². The Kier molecular flexibility index (Phi) is 2.95. The van der Waals surface area contributed by atoms with Gasteiger partial charge in [0.2, 0.25) is 5.91 Å². The quantitative estimate of drug-likeness (QED) is 0.734. The topological polar surface area (TPSA) is 46.6 Å². The maximum absolute atomic E-state index is 12.1. The van der Waals surface area contributed by atoms with Gasteiger partial charge in [0, 0.05) is 0 Å². The van der Waals surface area contributed by atoms with Crippen LogP contribution in [0.15, 0.2) is 36.9 Å². The smallest absolute Gasteiger partial charge is 0.420 e. The summed E-state index contributed by atoms with van der Waals surface area (Å²) in [4.78, 5) is 24.8. The molecule has 1 atom stereocenters. The predicted octanol–water partition coefficient (Wildman–Crippen LogP) is 2.46. The van der Waals surface area contributed by atoms with Gasteiger partial charge in [0.1, 0.15) is 0 Å². The van der Waals surface area contributed by atoms with E-state index in [1.165, 1.54) is 7.11 Å². The molecule has 4 nitrogen and oxygen atoms in total. The van der Waals surface area contributed by atoms with Gasteiger partial charge < -0.3 is 4.74 Å². The molecule has 1 aromatic carbocycles. The lowest BCUT2D eigenvalue weighted by molar-refractivity contribution is -0.118. The summed E-state index contributed by atoms with van der Waals surface area (Å²) in [7, 11) is 1.26. The Morgan fingerprint density at radius 2 is 2.24 bits per heavy atom. The minimum atomic E-state index is -0.644. The molecule has 0 aromatic heterocycles. The van der Waals surface area contributed by atoms with Crippen LogP contribution in [0.5, 0.6) is 0 Å². The third-order valence-electron chi connectivity index (χ3n) is 2.83. The van der Waals surface area contributed by atoms with Crippen molar-refractivity contribution in [3.63, 3.8) is 0 Å². The van der Waals surface area contributed by atoms with Gasteiger partial charge in [-0.25, -0.2) is 9.69 Å². The Bertz CT molecular complexity index is 481. The van der Waals surface area contributed by atoms with Crippen LogP contribution in [0, 0.1) is 0 Å². The number of ether oxygens (including phenoxy) is 1. The van der Waals surface area contributed by atoms with Crippen LogP contribution in [0.25, 0.3) is 0 Å². The molecule has 0 saturated heterocycles. The van der Waals surface area contributed by atoms with Crippen LogP contribution in [0.1, 0.15) is 17.9 Å². The summed E-state index contributed by atoms with van der Waals surface area (Å²) in [5.74, 6) is -0.583. The number of hydrogen-bond donors (Lipinski definition) is 0. The molecule has 4 heteroatoms. The Morgan fingerprint density at radius 1 is 1.53 bits per heavy atom. The number of rotatable bonds is 2. The molecular formula is C13H13NO3. The van der Waals surface area contributed by atoms with E-state index in [-0.39, 0.29) is 11.8 Å². The maximum Gasteiger partial charge on any atom is 0.420 e. The number of anilines is 1. The third-order valence-corrected chi connectivity index (χ3v) is 2.83. The van der Waals surface area contributed by atoms with E-state index in [1.54, 1.807) is 18.2 Å². The van der Waals surface area contributed by atoms with Gasteiger partial charge in [-0.15, -0.1) is 6.58 Å². The molecule has 0 saturated carbocycles. The number of allylic oxidation sites excluding steroid dienone is 1. The zero-order valence-electron chi connectivity index (χ0n) is 9.55. The standard InChI is InChI=1S/C13H13NO3/c1-3-6-10-9-7-4-5-8-11(9)14(12(10)15)13(16)17-2/h3-5,7-8,10H,1,6H2,2H3. The lowest BCUT2D eigenvalue weighted by Crippen LogP contribution is -2.34. The first-order valence-electron chi connectivity index (χ1n) is 5.32. The Balaban J connectivity index is 2.48. The molecular weight excluding hydrogens is 218 g/mol. The van der Waals surface area contributed by atoms with E-state index in [9.17, 15) is 9.59 Å². The van der Waals surface area contributed by atoms with Gasteiger partial charge in [-0.1, -0.05) is 24.3 Å². The fourth-order valence-corrected chi connectivity index (χ4v) is 2.07. The van der Waals surface area contributed by atoms with Gasteiger partial charge in [-0.3, -0.25) is 4.79 Å². The first kappa shape index (κ1) is 11.4. The van der Waals surface area contributed by atoms with Crippen LogP contribution < -0.4 is 4.90 Å². The molecule has 2 amide bonds. The summed E-state index contributed by atoms with van der Waals surface area (Å²) < 4.78 is 4.63. The SMILES string of the molecule is C=CCC1C(=O)N(C(=O)OC)c2ccccc21. The lowest BCUT2D eigenvalue weighted by atomic mass is 9.97. The summed E-state index contributed by atoms with van der Waals surface area (Å²) in [6.07, 6.45) is 1.55. The monoisotopic (exact) mass is 231 g/mol. The molecule has 1 aliphatic rings. The highest BCUT2D eigenvalue weighted by atomic mass is 16.5. The van der Waals surface area contributed by atoms with E-state index in [0.29, 0.717) is 12.1 Å². The van der Waals surface area contributed by atoms with Crippen LogP contribution in [0.3, 0.4) is 0 Å². The summed E-state index contributed by atoms with van der Waals surface area (Å²) in [5, 5.41) is 0. The molecule has 0 aliphatic carbocycles. The number of amides is 2. The van der Waals surface area contributed by atoms with Crippen molar-refractivity contribution in [2.75, 3.05) is 12.0 Å². The highest BCUT2D eigenvalue weighted by Crippen LogP contribution is 2.39. The average Bonchev–Trinajstić information content (AvgIpc) is 2.63. The van der Waals surface area contributed by atoms with Gasteiger partial charge in [-0.05, 0) is 18.1 Å². The fraction of sp³-hybridized carbons (Fsp3) is 0.231.